The number of furan rings is 1. The number of nitrogens with one attached hydrogen (secondary N) is 3. The predicted octanol–water partition coefficient (Wildman–Crippen LogP) is 3.14. The molecule has 3 amide bonds. The summed E-state index contributed by atoms with van der Waals surface area (Å²) >= 11 is 0. The molecule has 0 spiro atoms. The summed E-state index contributed by atoms with van der Waals surface area (Å²) in [6, 6.07) is 16.2. The van der Waals surface area contributed by atoms with E-state index in [9.17, 15) is 14.4 Å². The van der Waals surface area contributed by atoms with Crippen molar-refractivity contribution in [2.45, 2.75) is 0 Å². The summed E-state index contributed by atoms with van der Waals surface area (Å²) in [5.74, 6) is -0.756. The Hall–Kier alpha value is -3.87. The second-order valence-corrected chi connectivity index (χ2v) is 5.62. The first-order chi connectivity index (χ1) is 13.1. The molecule has 0 saturated carbocycles. The van der Waals surface area contributed by atoms with Gasteiger partial charge < -0.3 is 20.4 Å². The lowest BCUT2D eigenvalue weighted by molar-refractivity contribution is 0.0961. The zero-order valence-electron chi connectivity index (χ0n) is 14.5. The Morgan fingerprint density at radius 1 is 0.741 bits per heavy atom. The van der Waals surface area contributed by atoms with Crippen molar-refractivity contribution in [1.82, 2.24) is 5.32 Å². The first kappa shape index (κ1) is 17.9. The third-order valence-corrected chi connectivity index (χ3v) is 3.76. The van der Waals surface area contributed by atoms with E-state index in [0.717, 1.165) is 0 Å². The first-order valence-corrected chi connectivity index (χ1v) is 8.15. The fourth-order valence-electron chi connectivity index (χ4n) is 2.39. The highest BCUT2D eigenvalue weighted by Gasteiger charge is 2.11. The van der Waals surface area contributed by atoms with Gasteiger partial charge in [-0.3, -0.25) is 14.4 Å². The van der Waals surface area contributed by atoms with Gasteiger partial charge in [0.1, 0.15) is 0 Å². The molecule has 3 aromatic rings. The Kier molecular flexibility index (Phi) is 5.32. The van der Waals surface area contributed by atoms with Crippen LogP contribution in [0, 0.1) is 0 Å². The topological polar surface area (TPSA) is 100 Å². The van der Waals surface area contributed by atoms with Crippen LogP contribution < -0.4 is 16.0 Å². The van der Waals surface area contributed by atoms with Crippen LogP contribution in [0.4, 0.5) is 11.4 Å². The van der Waals surface area contributed by atoms with Crippen LogP contribution in [0.1, 0.15) is 31.3 Å². The number of amides is 3. The standard InChI is InChI=1S/C20H17N3O4/c1-21-18(24)13-7-9-15(10-8-13)22-19(25)14-4-2-5-16(12-14)23-20(26)17-6-3-11-27-17/h2-12H,1H3,(H,21,24)(H,22,25)(H,23,26). The van der Waals surface area contributed by atoms with E-state index < -0.39 is 5.91 Å². The van der Waals surface area contributed by atoms with E-state index in [2.05, 4.69) is 16.0 Å². The highest BCUT2D eigenvalue weighted by Crippen LogP contribution is 2.15. The van der Waals surface area contributed by atoms with Crippen molar-refractivity contribution in [1.29, 1.82) is 0 Å². The smallest absolute Gasteiger partial charge is 0.291 e. The van der Waals surface area contributed by atoms with Crippen molar-refractivity contribution in [3.05, 3.63) is 83.8 Å². The average molecular weight is 363 g/mol. The molecule has 0 fully saturated rings. The Morgan fingerprint density at radius 3 is 2.15 bits per heavy atom. The van der Waals surface area contributed by atoms with Gasteiger partial charge in [-0.15, -0.1) is 0 Å². The lowest BCUT2D eigenvalue weighted by Crippen LogP contribution is -2.18. The van der Waals surface area contributed by atoms with Crippen LogP contribution in [0.25, 0.3) is 0 Å². The third kappa shape index (κ3) is 4.40. The predicted molar refractivity (Wildman–Crippen MR) is 101 cm³/mol. The molecule has 2 aromatic carbocycles. The quantitative estimate of drug-likeness (QED) is 0.648. The van der Waals surface area contributed by atoms with Gasteiger partial charge in [0.15, 0.2) is 5.76 Å². The van der Waals surface area contributed by atoms with Crippen molar-refractivity contribution >= 4 is 29.1 Å². The molecule has 3 rings (SSSR count). The normalized spacial score (nSPS) is 10.1. The third-order valence-electron chi connectivity index (χ3n) is 3.76. The number of anilines is 2. The van der Waals surface area contributed by atoms with Crippen LogP contribution >= 0.6 is 0 Å². The zero-order chi connectivity index (χ0) is 19.2. The molecule has 0 saturated heterocycles. The second kappa shape index (κ2) is 8.01. The van der Waals surface area contributed by atoms with Crippen LogP contribution in [0.15, 0.2) is 71.3 Å². The number of hydrogen-bond donors (Lipinski definition) is 3. The number of benzene rings is 2. The molecule has 0 radical (unpaired) electrons. The maximum atomic E-state index is 12.4. The Morgan fingerprint density at radius 2 is 1.48 bits per heavy atom. The maximum Gasteiger partial charge on any atom is 0.291 e. The lowest BCUT2D eigenvalue weighted by Gasteiger charge is -2.08. The maximum absolute atomic E-state index is 12.4. The van der Waals surface area contributed by atoms with Gasteiger partial charge >= 0.3 is 0 Å². The molecule has 27 heavy (non-hydrogen) atoms. The molecule has 7 heteroatoms. The van der Waals surface area contributed by atoms with Crippen LogP contribution in [-0.2, 0) is 0 Å². The number of carbonyl (C=O) groups excluding carboxylic acids is 3. The van der Waals surface area contributed by atoms with Gasteiger partial charge in [0.2, 0.25) is 0 Å². The van der Waals surface area contributed by atoms with Crippen LogP contribution in [-0.4, -0.2) is 24.8 Å². The molecule has 0 bridgehead atoms. The van der Waals surface area contributed by atoms with Crippen molar-refractivity contribution < 1.29 is 18.8 Å². The number of hydrogen-bond acceptors (Lipinski definition) is 4. The molecule has 0 aliphatic carbocycles. The van der Waals surface area contributed by atoms with Gasteiger partial charge in [0.25, 0.3) is 17.7 Å². The van der Waals surface area contributed by atoms with Gasteiger partial charge in [-0.1, -0.05) is 6.07 Å². The van der Waals surface area contributed by atoms with Gasteiger partial charge in [-0.05, 0) is 54.6 Å². The summed E-state index contributed by atoms with van der Waals surface area (Å²) in [5.41, 5.74) is 1.90. The van der Waals surface area contributed by atoms with E-state index in [4.69, 9.17) is 4.42 Å². The Bertz CT molecular complexity index is 963. The number of carbonyl (C=O) groups is 3. The molecule has 1 heterocycles. The van der Waals surface area contributed by atoms with Gasteiger partial charge in [-0.25, -0.2) is 0 Å². The van der Waals surface area contributed by atoms with Gasteiger partial charge in [0, 0.05) is 29.5 Å². The van der Waals surface area contributed by atoms with Crippen LogP contribution in [0.5, 0.6) is 0 Å². The zero-order valence-corrected chi connectivity index (χ0v) is 14.5. The highest BCUT2D eigenvalue weighted by atomic mass is 16.3. The van der Waals surface area contributed by atoms with Gasteiger partial charge in [-0.2, -0.15) is 0 Å². The van der Waals surface area contributed by atoms with Crippen LogP contribution in [0.2, 0.25) is 0 Å². The monoisotopic (exact) mass is 363 g/mol. The first-order valence-electron chi connectivity index (χ1n) is 8.15. The van der Waals surface area contributed by atoms with Gasteiger partial charge in [0.05, 0.1) is 6.26 Å². The molecule has 3 N–H and O–H groups in total. The molecular weight excluding hydrogens is 346 g/mol. The van der Waals surface area contributed by atoms with E-state index in [1.54, 1.807) is 67.7 Å². The van der Waals surface area contributed by atoms with E-state index in [1.807, 2.05) is 0 Å². The van der Waals surface area contributed by atoms with Crippen molar-refractivity contribution in [3.8, 4) is 0 Å². The summed E-state index contributed by atoms with van der Waals surface area (Å²) in [6.07, 6.45) is 1.41. The Balaban J connectivity index is 1.68. The van der Waals surface area contributed by atoms with Crippen molar-refractivity contribution in [2.75, 3.05) is 17.7 Å². The summed E-state index contributed by atoms with van der Waals surface area (Å²) in [7, 11) is 1.55. The minimum Gasteiger partial charge on any atom is -0.459 e. The van der Waals surface area contributed by atoms with E-state index in [1.165, 1.54) is 6.26 Å². The van der Waals surface area contributed by atoms with Crippen LogP contribution in [0.3, 0.4) is 0 Å². The van der Waals surface area contributed by atoms with E-state index >= 15 is 0 Å². The largest absolute Gasteiger partial charge is 0.459 e. The molecule has 0 aliphatic heterocycles. The molecule has 136 valence electrons. The summed E-state index contributed by atoms with van der Waals surface area (Å²) in [6.45, 7) is 0. The summed E-state index contributed by atoms with van der Waals surface area (Å²) < 4.78 is 5.04. The fraction of sp³-hybridized carbons (Fsp3) is 0.0500. The minimum absolute atomic E-state index is 0.182. The van der Waals surface area contributed by atoms with Crippen molar-refractivity contribution in [2.24, 2.45) is 0 Å². The fourth-order valence-corrected chi connectivity index (χ4v) is 2.39. The molecule has 0 aliphatic rings. The SMILES string of the molecule is CNC(=O)c1ccc(NC(=O)c2cccc(NC(=O)c3ccco3)c2)cc1. The molecule has 0 atom stereocenters. The number of rotatable bonds is 5. The Labute approximate surface area is 155 Å². The van der Waals surface area contributed by atoms with E-state index in [0.29, 0.717) is 22.5 Å². The lowest BCUT2D eigenvalue weighted by atomic mass is 10.1. The minimum atomic E-state index is -0.401. The molecular formula is C20H17N3O4. The molecule has 0 unspecified atom stereocenters. The summed E-state index contributed by atoms with van der Waals surface area (Å²) in [5, 5.41) is 7.95. The molecule has 1 aromatic heterocycles. The van der Waals surface area contributed by atoms with E-state index in [-0.39, 0.29) is 17.6 Å². The summed E-state index contributed by atoms with van der Waals surface area (Å²) in [4.78, 5) is 36.0. The average Bonchev–Trinajstić information content (AvgIpc) is 3.23. The van der Waals surface area contributed by atoms with Crippen molar-refractivity contribution in [3.63, 3.8) is 0 Å². The second-order valence-electron chi connectivity index (χ2n) is 5.62. The molecule has 7 nitrogen and oxygen atoms in total. The highest BCUT2D eigenvalue weighted by molar-refractivity contribution is 6.06.